The Morgan fingerprint density at radius 2 is 0.946 bits per heavy atom. The van der Waals surface area contributed by atoms with Gasteiger partial charge in [-0.15, -0.1) is 11.3 Å². The molecule has 0 radical (unpaired) electrons. The largest absolute Gasteiger partial charge is 0.456 e. The van der Waals surface area contributed by atoms with E-state index < -0.39 is 0 Å². The third kappa shape index (κ3) is 5.56. The zero-order chi connectivity index (χ0) is 37.0. The first-order valence-corrected chi connectivity index (χ1v) is 19.5. The molecule has 0 aliphatic rings. The molecule has 0 aliphatic heterocycles. The molecule has 0 atom stereocenters. The fourth-order valence-corrected chi connectivity index (χ4v) is 9.04. The number of hydrogen-bond acceptors (Lipinski definition) is 5. The van der Waals surface area contributed by atoms with Gasteiger partial charge in [0.05, 0.1) is 0 Å². The maximum absolute atomic E-state index is 6.47. The molecule has 5 heteroatoms. The predicted octanol–water partition coefficient (Wildman–Crippen LogP) is 14.1. The van der Waals surface area contributed by atoms with Crippen LogP contribution in [0.3, 0.4) is 0 Å². The van der Waals surface area contributed by atoms with Gasteiger partial charge in [-0.25, -0.2) is 15.0 Å². The van der Waals surface area contributed by atoms with Crippen LogP contribution in [0.5, 0.6) is 0 Å². The second-order valence-corrected chi connectivity index (χ2v) is 15.1. The van der Waals surface area contributed by atoms with Crippen molar-refractivity contribution in [3.05, 3.63) is 188 Å². The van der Waals surface area contributed by atoms with Gasteiger partial charge in [0.1, 0.15) is 11.2 Å². The van der Waals surface area contributed by atoms with Crippen LogP contribution in [0.25, 0.3) is 110 Å². The van der Waals surface area contributed by atoms with E-state index in [0.717, 1.165) is 77.4 Å². The van der Waals surface area contributed by atoms with Crippen molar-refractivity contribution in [2.24, 2.45) is 0 Å². The summed E-state index contributed by atoms with van der Waals surface area (Å²) in [7, 11) is 0. The highest BCUT2D eigenvalue weighted by Gasteiger charge is 2.19. The molecule has 4 nitrogen and oxygen atoms in total. The first kappa shape index (κ1) is 32.2. The van der Waals surface area contributed by atoms with E-state index in [9.17, 15) is 0 Å². The fraction of sp³-hybridized carbons (Fsp3) is 0. The quantitative estimate of drug-likeness (QED) is 0.171. The first-order chi connectivity index (χ1) is 27.7. The highest BCUT2D eigenvalue weighted by atomic mass is 32.1. The lowest BCUT2D eigenvalue weighted by atomic mass is 9.94. The Morgan fingerprint density at radius 1 is 0.321 bits per heavy atom. The number of nitrogens with zero attached hydrogens (tertiary/aromatic N) is 3. The summed E-state index contributed by atoms with van der Waals surface area (Å²) < 4.78 is 8.85. The van der Waals surface area contributed by atoms with Gasteiger partial charge in [0.25, 0.3) is 0 Å². The minimum absolute atomic E-state index is 0.639. The monoisotopic (exact) mass is 733 g/mol. The number of para-hydroxylation sites is 1. The van der Waals surface area contributed by atoms with Crippen LogP contribution >= 0.6 is 11.3 Å². The summed E-state index contributed by atoms with van der Waals surface area (Å²) in [5, 5.41) is 4.58. The normalized spacial score (nSPS) is 11.6. The molecule has 0 saturated carbocycles. The fourth-order valence-electron chi connectivity index (χ4n) is 7.87. The van der Waals surface area contributed by atoms with Gasteiger partial charge in [-0.3, -0.25) is 0 Å². The van der Waals surface area contributed by atoms with Crippen LogP contribution in [0, 0.1) is 0 Å². The second-order valence-electron chi connectivity index (χ2n) is 14.0. The van der Waals surface area contributed by atoms with E-state index in [4.69, 9.17) is 19.4 Å². The molecule has 3 heterocycles. The SMILES string of the molecule is c1ccc(-c2cccc(-c3nc(-c4ccccc4)nc(-c4cccc5sc6cc(-c7cc(-c8ccccc8)c8c(c7)oc7ccccc78)ccc6c45)n3)c2)cc1. The smallest absolute Gasteiger partial charge is 0.164 e. The van der Waals surface area contributed by atoms with E-state index >= 15 is 0 Å². The Hall–Kier alpha value is -7.21. The van der Waals surface area contributed by atoms with Crippen LogP contribution in [0.2, 0.25) is 0 Å². The maximum atomic E-state index is 6.47. The number of fused-ring (bicyclic) bond motifs is 6. The number of furan rings is 1. The van der Waals surface area contributed by atoms with Crippen LogP contribution in [0.1, 0.15) is 0 Å². The molecule has 0 bridgehead atoms. The minimum atomic E-state index is 0.639. The van der Waals surface area contributed by atoms with Gasteiger partial charge < -0.3 is 4.42 Å². The van der Waals surface area contributed by atoms with Crippen LogP contribution in [-0.4, -0.2) is 15.0 Å². The summed E-state index contributed by atoms with van der Waals surface area (Å²) in [6.07, 6.45) is 0. The van der Waals surface area contributed by atoms with Crippen LogP contribution < -0.4 is 0 Å². The van der Waals surface area contributed by atoms with E-state index in [1.54, 1.807) is 11.3 Å². The average Bonchev–Trinajstić information content (AvgIpc) is 3.85. The van der Waals surface area contributed by atoms with Gasteiger partial charge in [-0.2, -0.15) is 0 Å². The molecule has 0 unspecified atom stereocenters. The number of rotatable bonds is 6. The lowest BCUT2D eigenvalue weighted by Gasteiger charge is -2.11. The summed E-state index contributed by atoms with van der Waals surface area (Å²) in [6.45, 7) is 0. The standard InChI is InChI=1S/C51H31N3OS/c1-4-14-32(15-5-1)35-20-12-21-37(28-35)50-52-49(34-18-8-3-9-19-34)53-51(54-50)41-23-13-25-45-48(41)40-27-26-36(31-46(40)56-45)38-29-42(33-16-6-2-7-17-33)47-39-22-10-11-24-43(39)55-44(47)30-38/h1-31H. The van der Waals surface area contributed by atoms with Crippen molar-refractivity contribution in [1.29, 1.82) is 0 Å². The Bertz CT molecular complexity index is 3240. The zero-order valence-electron chi connectivity index (χ0n) is 30.1. The molecule has 0 aliphatic carbocycles. The highest BCUT2D eigenvalue weighted by molar-refractivity contribution is 7.26. The van der Waals surface area contributed by atoms with E-state index in [2.05, 4.69) is 152 Å². The number of aromatic nitrogens is 3. The Kier molecular flexibility index (Phi) is 7.64. The molecule has 11 aromatic rings. The topological polar surface area (TPSA) is 51.8 Å². The molecule has 11 rings (SSSR count). The number of benzene rings is 8. The molecule has 0 fully saturated rings. The maximum Gasteiger partial charge on any atom is 0.164 e. The summed E-state index contributed by atoms with van der Waals surface area (Å²) in [5.41, 5.74) is 11.5. The summed E-state index contributed by atoms with van der Waals surface area (Å²) in [6, 6.07) is 65.6. The highest BCUT2D eigenvalue weighted by Crippen LogP contribution is 2.44. The van der Waals surface area contributed by atoms with Gasteiger partial charge >= 0.3 is 0 Å². The van der Waals surface area contributed by atoms with Crippen LogP contribution in [-0.2, 0) is 0 Å². The Morgan fingerprint density at radius 3 is 1.75 bits per heavy atom. The van der Waals surface area contributed by atoms with E-state index in [-0.39, 0.29) is 0 Å². The molecule has 0 saturated heterocycles. The molecule has 3 aromatic heterocycles. The van der Waals surface area contributed by atoms with E-state index in [0.29, 0.717) is 17.5 Å². The molecule has 0 N–H and O–H groups in total. The molecule has 56 heavy (non-hydrogen) atoms. The molecule has 0 spiro atoms. The van der Waals surface area contributed by atoms with Crippen molar-refractivity contribution in [1.82, 2.24) is 15.0 Å². The van der Waals surface area contributed by atoms with Crippen LogP contribution in [0.4, 0.5) is 0 Å². The van der Waals surface area contributed by atoms with Crippen molar-refractivity contribution in [3.63, 3.8) is 0 Å². The van der Waals surface area contributed by atoms with Gasteiger partial charge in [0, 0.05) is 47.6 Å². The van der Waals surface area contributed by atoms with Gasteiger partial charge in [-0.1, -0.05) is 152 Å². The third-order valence-electron chi connectivity index (χ3n) is 10.5. The van der Waals surface area contributed by atoms with Crippen molar-refractivity contribution in [2.45, 2.75) is 0 Å². The lowest BCUT2D eigenvalue weighted by Crippen LogP contribution is -2.00. The average molecular weight is 734 g/mol. The van der Waals surface area contributed by atoms with Crippen molar-refractivity contribution in [3.8, 4) is 67.5 Å². The van der Waals surface area contributed by atoms with Crippen LogP contribution in [0.15, 0.2) is 192 Å². The van der Waals surface area contributed by atoms with Gasteiger partial charge in [-0.05, 0) is 69.8 Å². The zero-order valence-corrected chi connectivity index (χ0v) is 30.9. The summed E-state index contributed by atoms with van der Waals surface area (Å²) in [5.74, 6) is 1.93. The molecule has 8 aromatic carbocycles. The first-order valence-electron chi connectivity index (χ1n) is 18.7. The van der Waals surface area contributed by atoms with E-state index in [1.807, 2.05) is 36.4 Å². The Balaban J connectivity index is 1.07. The molecule has 262 valence electrons. The predicted molar refractivity (Wildman–Crippen MR) is 233 cm³/mol. The molecular formula is C51H31N3OS. The summed E-state index contributed by atoms with van der Waals surface area (Å²) in [4.78, 5) is 15.4. The van der Waals surface area contributed by atoms with Crippen molar-refractivity contribution in [2.75, 3.05) is 0 Å². The van der Waals surface area contributed by atoms with E-state index in [1.165, 1.54) is 14.8 Å². The van der Waals surface area contributed by atoms with Gasteiger partial charge in [0.2, 0.25) is 0 Å². The molecule has 0 amide bonds. The van der Waals surface area contributed by atoms with Crippen molar-refractivity contribution < 1.29 is 4.42 Å². The van der Waals surface area contributed by atoms with Crippen molar-refractivity contribution >= 4 is 53.4 Å². The number of hydrogen-bond donors (Lipinski definition) is 0. The lowest BCUT2D eigenvalue weighted by molar-refractivity contribution is 0.669. The number of thiophene rings is 1. The second kappa shape index (κ2) is 13.3. The third-order valence-corrected chi connectivity index (χ3v) is 11.6. The Labute approximate surface area is 327 Å². The summed E-state index contributed by atoms with van der Waals surface area (Å²) >= 11 is 1.79. The van der Waals surface area contributed by atoms with Gasteiger partial charge in [0.15, 0.2) is 17.5 Å². The molecular weight excluding hydrogens is 703 g/mol. The minimum Gasteiger partial charge on any atom is -0.456 e.